The van der Waals surface area contributed by atoms with Gasteiger partial charge in [0.2, 0.25) is 0 Å². The van der Waals surface area contributed by atoms with Crippen molar-refractivity contribution < 1.29 is 0 Å². The summed E-state index contributed by atoms with van der Waals surface area (Å²) < 4.78 is 0. The molecular formula is C13H10N4. The lowest BCUT2D eigenvalue weighted by molar-refractivity contribution is 0.199. The highest BCUT2D eigenvalue weighted by Crippen LogP contribution is 2.66. The van der Waals surface area contributed by atoms with Gasteiger partial charge in [0, 0.05) is 5.41 Å². The van der Waals surface area contributed by atoms with Gasteiger partial charge in [-0.25, -0.2) is 0 Å². The van der Waals surface area contributed by atoms with Crippen molar-refractivity contribution in [1.82, 2.24) is 0 Å². The predicted octanol–water partition coefficient (Wildman–Crippen LogP) is 2.18. The Hall–Kier alpha value is -2.30. The van der Waals surface area contributed by atoms with Crippen molar-refractivity contribution in [1.29, 1.82) is 21.0 Å². The van der Waals surface area contributed by atoms with Gasteiger partial charge in [0.1, 0.15) is 0 Å². The minimum atomic E-state index is -1.53. The van der Waals surface area contributed by atoms with Gasteiger partial charge in [-0.1, -0.05) is 12.2 Å². The topological polar surface area (TPSA) is 95.2 Å². The monoisotopic (exact) mass is 222 g/mol. The summed E-state index contributed by atoms with van der Waals surface area (Å²) in [6.07, 6.45) is 6.15. The average Bonchev–Trinajstić information content (AvgIpc) is 2.95. The normalized spacial score (nSPS) is 31.3. The molecule has 1 saturated carbocycles. The quantitative estimate of drug-likeness (QED) is 0.587. The smallest absolute Gasteiger partial charge is 0.184 e. The highest BCUT2D eigenvalue weighted by Gasteiger charge is 2.70. The van der Waals surface area contributed by atoms with Crippen molar-refractivity contribution in [3.05, 3.63) is 12.2 Å². The Balaban J connectivity index is 2.71. The number of hydrogen-bond donors (Lipinski definition) is 0. The van der Waals surface area contributed by atoms with E-state index in [9.17, 15) is 21.0 Å². The van der Waals surface area contributed by atoms with E-state index in [-0.39, 0.29) is 0 Å². The number of nitriles is 4. The molecule has 4 nitrogen and oxygen atoms in total. The zero-order chi connectivity index (χ0) is 12.6. The third kappa shape index (κ3) is 0.982. The lowest BCUT2D eigenvalue weighted by Gasteiger charge is -2.35. The zero-order valence-electron chi connectivity index (χ0n) is 9.27. The summed E-state index contributed by atoms with van der Waals surface area (Å²) >= 11 is 0. The van der Waals surface area contributed by atoms with E-state index in [0.717, 1.165) is 6.42 Å². The van der Waals surface area contributed by atoms with Crippen LogP contribution in [0.15, 0.2) is 12.2 Å². The lowest BCUT2D eigenvalue weighted by Crippen LogP contribution is -2.43. The summed E-state index contributed by atoms with van der Waals surface area (Å²) in [6, 6.07) is 7.85. The minimum Gasteiger partial charge on any atom is -0.196 e. The SMILES string of the molecule is N#CC1(C#N)CCC2(C=CCC2)C1(C#N)C#N. The molecule has 1 fully saturated rings. The van der Waals surface area contributed by atoms with Crippen molar-refractivity contribution >= 4 is 0 Å². The Labute approximate surface area is 100.0 Å². The number of nitrogens with zero attached hydrogens (tertiary/aromatic N) is 4. The highest BCUT2D eigenvalue weighted by atomic mass is 14.7. The third-order valence-corrected chi connectivity index (χ3v) is 4.24. The molecule has 0 aromatic heterocycles. The van der Waals surface area contributed by atoms with Crippen LogP contribution >= 0.6 is 0 Å². The molecule has 17 heavy (non-hydrogen) atoms. The fourth-order valence-electron chi connectivity index (χ4n) is 3.21. The van der Waals surface area contributed by atoms with Gasteiger partial charge in [0.05, 0.1) is 24.3 Å². The molecular weight excluding hydrogens is 212 g/mol. The molecule has 0 heterocycles. The Morgan fingerprint density at radius 3 is 1.88 bits per heavy atom. The molecule has 0 aromatic carbocycles. The van der Waals surface area contributed by atoms with E-state index in [0.29, 0.717) is 19.3 Å². The maximum Gasteiger partial charge on any atom is 0.184 e. The van der Waals surface area contributed by atoms with Crippen LogP contribution in [0.3, 0.4) is 0 Å². The summed E-state index contributed by atoms with van der Waals surface area (Å²) in [6.45, 7) is 0. The highest BCUT2D eigenvalue weighted by molar-refractivity contribution is 5.44. The van der Waals surface area contributed by atoms with Crippen LogP contribution in [0, 0.1) is 61.6 Å². The van der Waals surface area contributed by atoms with Gasteiger partial charge in [-0.05, 0) is 25.7 Å². The molecule has 1 atom stereocenters. The van der Waals surface area contributed by atoms with Crippen LogP contribution in [0.2, 0.25) is 0 Å². The zero-order valence-corrected chi connectivity index (χ0v) is 9.27. The molecule has 2 rings (SSSR count). The van der Waals surface area contributed by atoms with Gasteiger partial charge in [0.25, 0.3) is 0 Å². The van der Waals surface area contributed by atoms with Crippen LogP contribution in [0.25, 0.3) is 0 Å². The van der Waals surface area contributed by atoms with Crippen molar-refractivity contribution in [2.24, 2.45) is 16.2 Å². The summed E-state index contributed by atoms with van der Waals surface area (Å²) in [7, 11) is 0. The van der Waals surface area contributed by atoms with E-state index in [4.69, 9.17) is 0 Å². The second-order valence-electron chi connectivity index (χ2n) is 4.70. The molecule has 0 saturated heterocycles. The number of rotatable bonds is 0. The van der Waals surface area contributed by atoms with Crippen LogP contribution in [-0.4, -0.2) is 0 Å². The number of allylic oxidation sites excluding steroid dienone is 2. The van der Waals surface area contributed by atoms with Crippen LogP contribution < -0.4 is 0 Å². The Morgan fingerprint density at radius 1 is 0.824 bits per heavy atom. The molecule has 4 heteroatoms. The van der Waals surface area contributed by atoms with Crippen LogP contribution in [-0.2, 0) is 0 Å². The molecule has 0 N–H and O–H groups in total. The largest absolute Gasteiger partial charge is 0.196 e. The van der Waals surface area contributed by atoms with Crippen molar-refractivity contribution in [2.75, 3.05) is 0 Å². The van der Waals surface area contributed by atoms with E-state index in [1.54, 1.807) is 0 Å². The summed E-state index contributed by atoms with van der Waals surface area (Å²) in [5.41, 5.74) is -3.64. The first-order chi connectivity index (χ1) is 8.16. The second kappa shape index (κ2) is 3.35. The molecule has 0 radical (unpaired) electrons. The Kier molecular flexibility index (Phi) is 2.20. The molecule has 2 aliphatic carbocycles. The summed E-state index contributed by atoms with van der Waals surface area (Å²) in [5, 5.41) is 37.4. The summed E-state index contributed by atoms with van der Waals surface area (Å²) in [5.74, 6) is 0. The van der Waals surface area contributed by atoms with Gasteiger partial charge in [-0.3, -0.25) is 0 Å². The second-order valence-corrected chi connectivity index (χ2v) is 4.70. The minimum absolute atomic E-state index is 0.297. The molecule has 0 bridgehead atoms. The standard InChI is InChI=1S/C13H10N4/c14-7-12(8-15)6-5-11(3-1-2-4-11)13(12,9-16)10-17/h1,3H,2,4-6H2. The van der Waals surface area contributed by atoms with Gasteiger partial charge in [0.15, 0.2) is 10.8 Å². The van der Waals surface area contributed by atoms with Crippen molar-refractivity contribution in [3.8, 4) is 24.3 Å². The molecule has 1 spiro atoms. The van der Waals surface area contributed by atoms with E-state index in [1.165, 1.54) is 0 Å². The average molecular weight is 222 g/mol. The Morgan fingerprint density at radius 2 is 1.47 bits per heavy atom. The van der Waals surface area contributed by atoms with Gasteiger partial charge < -0.3 is 0 Å². The number of hydrogen-bond acceptors (Lipinski definition) is 4. The third-order valence-electron chi connectivity index (χ3n) is 4.24. The molecule has 82 valence electrons. The first-order valence-corrected chi connectivity index (χ1v) is 5.49. The van der Waals surface area contributed by atoms with Crippen LogP contribution in [0.4, 0.5) is 0 Å². The maximum absolute atomic E-state index is 9.43. The molecule has 0 amide bonds. The van der Waals surface area contributed by atoms with Gasteiger partial charge in [-0.15, -0.1) is 0 Å². The van der Waals surface area contributed by atoms with E-state index in [2.05, 4.69) is 0 Å². The molecule has 1 unspecified atom stereocenters. The first kappa shape index (κ1) is 11.2. The molecule has 0 aliphatic heterocycles. The molecule has 0 aromatic rings. The van der Waals surface area contributed by atoms with Crippen LogP contribution in [0.5, 0.6) is 0 Å². The van der Waals surface area contributed by atoms with Crippen LogP contribution in [0.1, 0.15) is 25.7 Å². The maximum atomic E-state index is 9.43. The van der Waals surface area contributed by atoms with Gasteiger partial charge in [-0.2, -0.15) is 21.0 Å². The van der Waals surface area contributed by atoms with E-state index < -0.39 is 16.2 Å². The van der Waals surface area contributed by atoms with E-state index in [1.807, 2.05) is 36.4 Å². The van der Waals surface area contributed by atoms with Gasteiger partial charge >= 0.3 is 0 Å². The van der Waals surface area contributed by atoms with Crippen molar-refractivity contribution in [2.45, 2.75) is 25.7 Å². The van der Waals surface area contributed by atoms with E-state index >= 15 is 0 Å². The Bertz CT molecular complexity index is 518. The predicted molar refractivity (Wildman–Crippen MR) is 57.4 cm³/mol. The molecule has 2 aliphatic rings. The van der Waals surface area contributed by atoms with Crippen molar-refractivity contribution in [3.63, 3.8) is 0 Å². The fourth-order valence-corrected chi connectivity index (χ4v) is 3.21. The first-order valence-electron chi connectivity index (χ1n) is 5.49. The lowest BCUT2D eigenvalue weighted by atomic mass is 9.58. The fraction of sp³-hybridized carbons (Fsp3) is 0.538. The summed E-state index contributed by atoms with van der Waals surface area (Å²) in [4.78, 5) is 0.